The van der Waals surface area contributed by atoms with Crippen LogP contribution in [0, 0.1) is 0 Å². The number of hydrogen-bond donors (Lipinski definition) is 2. The summed E-state index contributed by atoms with van der Waals surface area (Å²) in [5, 5.41) is 2.76. The van der Waals surface area contributed by atoms with E-state index in [1.165, 1.54) is 0 Å². The molecule has 1 amide bonds. The molecule has 1 heterocycles. The van der Waals surface area contributed by atoms with Crippen molar-refractivity contribution in [2.75, 3.05) is 18.1 Å². The number of hydrogen-bond acceptors (Lipinski definition) is 4. The van der Waals surface area contributed by atoms with Crippen LogP contribution in [0.3, 0.4) is 0 Å². The molecule has 1 atom stereocenters. The molecule has 0 bridgehead atoms. The summed E-state index contributed by atoms with van der Waals surface area (Å²) >= 11 is 0. The zero-order chi connectivity index (χ0) is 12.0. The molecule has 0 aliphatic carbocycles. The molecule has 0 saturated carbocycles. The van der Waals surface area contributed by atoms with E-state index in [1.807, 2.05) is 0 Å². The van der Waals surface area contributed by atoms with Crippen LogP contribution in [0.2, 0.25) is 0 Å². The summed E-state index contributed by atoms with van der Waals surface area (Å²) in [5.74, 6) is 0.256. The minimum atomic E-state index is -2.90. The molecular weight excluding hydrogens is 228 g/mol. The second kappa shape index (κ2) is 6.20. The molecule has 0 aromatic rings. The van der Waals surface area contributed by atoms with Crippen molar-refractivity contribution in [3.05, 3.63) is 0 Å². The number of unbranched alkanes of at least 4 members (excludes halogenated alkanes) is 2. The molecular formula is C10H20N2O3S. The highest BCUT2D eigenvalue weighted by Gasteiger charge is 2.28. The van der Waals surface area contributed by atoms with Crippen LogP contribution in [-0.2, 0) is 14.6 Å². The van der Waals surface area contributed by atoms with Gasteiger partial charge in [0.25, 0.3) is 0 Å². The van der Waals surface area contributed by atoms with Gasteiger partial charge in [-0.15, -0.1) is 0 Å². The van der Waals surface area contributed by atoms with Crippen molar-refractivity contribution >= 4 is 15.7 Å². The molecule has 1 aliphatic heterocycles. The number of carbonyl (C=O) groups is 1. The van der Waals surface area contributed by atoms with Gasteiger partial charge in [0, 0.05) is 12.5 Å². The third-order valence-corrected chi connectivity index (χ3v) is 4.47. The molecule has 0 radical (unpaired) electrons. The van der Waals surface area contributed by atoms with Gasteiger partial charge in [0.05, 0.1) is 11.5 Å². The van der Waals surface area contributed by atoms with E-state index in [0.717, 1.165) is 19.3 Å². The first-order valence-electron chi connectivity index (χ1n) is 5.73. The smallest absolute Gasteiger partial charge is 0.220 e. The van der Waals surface area contributed by atoms with Gasteiger partial charge in [-0.25, -0.2) is 8.42 Å². The maximum Gasteiger partial charge on any atom is 0.220 e. The summed E-state index contributed by atoms with van der Waals surface area (Å²) in [5.41, 5.74) is 5.34. The molecule has 6 heteroatoms. The summed E-state index contributed by atoms with van der Waals surface area (Å²) in [6.07, 6.45) is 3.73. The van der Waals surface area contributed by atoms with Gasteiger partial charge in [0.15, 0.2) is 9.84 Å². The van der Waals surface area contributed by atoms with Crippen molar-refractivity contribution in [3.8, 4) is 0 Å². The van der Waals surface area contributed by atoms with Crippen LogP contribution in [0.15, 0.2) is 0 Å². The molecule has 1 unspecified atom stereocenters. The minimum Gasteiger partial charge on any atom is -0.352 e. The van der Waals surface area contributed by atoms with Gasteiger partial charge in [-0.2, -0.15) is 0 Å². The molecule has 0 aromatic heterocycles. The third kappa shape index (κ3) is 4.94. The summed E-state index contributed by atoms with van der Waals surface area (Å²) in [7, 11) is -2.90. The quantitative estimate of drug-likeness (QED) is 0.638. The first kappa shape index (κ1) is 13.4. The fourth-order valence-corrected chi connectivity index (χ4v) is 3.49. The predicted molar refractivity (Wildman–Crippen MR) is 62.7 cm³/mol. The van der Waals surface area contributed by atoms with Crippen LogP contribution < -0.4 is 11.1 Å². The van der Waals surface area contributed by atoms with Crippen molar-refractivity contribution in [3.63, 3.8) is 0 Å². The fraction of sp³-hybridized carbons (Fsp3) is 0.900. The minimum absolute atomic E-state index is 0.0425. The second-order valence-corrected chi connectivity index (χ2v) is 6.50. The molecule has 1 fully saturated rings. The van der Waals surface area contributed by atoms with E-state index in [0.29, 0.717) is 19.4 Å². The second-order valence-electron chi connectivity index (χ2n) is 4.27. The molecule has 3 N–H and O–H groups in total. The number of nitrogens with two attached hydrogens (primary N) is 1. The average molecular weight is 248 g/mol. The topological polar surface area (TPSA) is 89.3 Å². The van der Waals surface area contributed by atoms with Gasteiger partial charge >= 0.3 is 0 Å². The van der Waals surface area contributed by atoms with Gasteiger partial charge in [-0.1, -0.05) is 6.42 Å². The maximum absolute atomic E-state index is 11.4. The highest BCUT2D eigenvalue weighted by molar-refractivity contribution is 7.91. The lowest BCUT2D eigenvalue weighted by Gasteiger charge is -2.10. The Bertz CT molecular complexity index is 327. The lowest BCUT2D eigenvalue weighted by molar-refractivity contribution is -0.121. The van der Waals surface area contributed by atoms with Crippen LogP contribution in [0.5, 0.6) is 0 Å². The van der Waals surface area contributed by atoms with Crippen molar-refractivity contribution in [1.29, 1.82) is 0 Å². The Morgan fingerprint density at radius 3 is 2.62 bits per heavy atom. The number of amides is 1. The molecule has 1 aliphatic rings. The number of carbonyl (C=O) groups excluding carboxylic acids is 1. The molecule has 0 aromatic carbocycles. The van der Waals surface area contributed by atoms with E-state index in [4.69, 9.17) is 5.73 Å². The Kier molecular flexibility index (Phi) is 5.21. The predicted octanol–water partition coefficient (Wildman–Crippen LogP) is -0.191. The summed E-state index contributed by atoms with van der Waals surface area (Å²) in [6, 6.07) is -0.174. The lowest BCUT2D eigenvalue weighted by atomic mass is 10.1. The van der Waals surface area contributed by atoms with E-state index in [-0.39, 0.29) is 23.5 Å². The third-order valence-electron chi connectivity index (χ3n) is 2.71. The number of sulfone groups is 1. The van der Waals surface area contributed by atoms with Gasteiger partial charge in [-0.05, 0) is 25.8 Å². The Balaban J connectivity index is 2.15. The van der Waals surface area contributed by atoms with Crippen molar-refractivity contribution in [2.24, 2.45) is 5.73 Å². The monoisotopic (exact) mass is 248 g/mol. The van der Waals surface area contributed by atoms with Crippen LogP contribution in [-0.4, -0.2) is 38.4 Å². The fourth-order valence-electron chi connectivity index (χ4n) is 1.82. The summed E-state index contributed by atoms with van der Waals surface area (Å²) < 4.78 is 22.3. The van der Waals surface area contributed by atoms with E-state index in [2.05, 4.69) is 5.32 Å². The van der Waals surface area contributed by atoms with Gasteiger partial charge in [-0.3, -0.25) is 4.79 Å². The molecule has 1 saturated heterocycles. The molecule has 0 spiro atoms. The summed E-state index contributed by atoms with van der Waals surface area (Å²) in [6.45, 7) is 0.655. The first-order chi connectivity index (χ1) is 7.53. The highest BCUT2D eigenvalue weighted by atomic mass is 32.2. The Hall–Kier alpha value is -0.620. The zero-order valence-corrected chi connectivity index (χ0v) is 10.3. The highest BCUT2D eigenvalue weighted by Crippen LogP contribution is 2.11. The largest absolute Gasteiger partial charge is 0.352 e. The zero-order valence-electron chi connectivity index (χ0n) is 9.44. The van der Waals surface area contributed by atoms with E-state index in [1.54, 1.807) is 0 Å². The Morgan fingerprint density at radius 1 is 1.31 bits per heavy atom. The number of nitrogens with one attached hydrogen (secondary N) is 1. The normalized spacial score (nSPS) is 23.2. The average Bonchev–Trinajstić information content (AvgIpc) is 2.53. The standard InChI is InChI=1S/C10H20N2O3S/c11-6-3-1-2-4-10(13)12-9-5-7-16(14,15)8-9/h9H,1-8,11H2,(H,12,13). The van der Waals surface area contributed by atoms with Gasteiger partial charge in [0.1, 0.15) is 0 Å². The molecule has 16 heavy (non-hydrogen) atoms. The van der Waals surface area contributed by atoms with Crippen molar-refractivity contribution in [2.45, 2.75) is 38.1 Å². The van der Waals surface area contributed by atoms with Crippen LogP contribution >= 0.6 is 0 Å². The van der Waals surface area contributed by atoms with E-state index >= 15 is 0 Å². The van der Waals surface area contributed by atoms with E-state index < -0.39 is 9.84 Å². The summed E-state index contributed by atoms with van der Waals surface area (Å²) in [4.78, 5) is 11.4. The van der Waals surface area contributed by atoms with Crippen LogP contribution in [0.1, 0.15) is 32.1 Å². The van der Waals surface area contributed by atoms with Crippen LogP contribution in [0.25, 0.3) is 0 Å². The number of rotatable bonds is 6. The van der Waals surface area contributed by atoms with Gasteiger partial charge < -0.3 is 11.1 Å². The maximum atomic E-state index is 11.4. The Labute approximate surface area is 96.7 Å². The van der Waals surface area contributed by atoms with E-state index in [9.17, 15) is 13.2 Å². The van der Waals surface area contributed by atoms with Gasteiger partial charge in [0.2, 0.25) is 5.91 Å². The first-order valence-corrected chi connectivity index (χ1v) is 7.55. The molecule has 5 nitrogen and oxygen atoms in total. The SMILES string of the molecule is NCCCCCC(=O)NC1CCS(=O)(=O)C1. The van der Waals surface area contributed by atoms with Crippen LogP contribution in [0.4, 0.5) is 0 Å². The van der Waals surface area contributed by atoms with Crippen molar-refractivity contribution in [1.82, 2.24) is 5.32 Å². The Morgan fingerprint density at radius 2 is 2.06 bits per heavy atom. The molecule has 94 valence electrons. The molecule has 1 rings (SSSR count). The lowest BCUT2D eigenvalue weighted by Crippen LogP contribution is -2.35. The van der Waals surface area contributed by atoms with Crippen molar-refractivity contribution < 1.29 is 13.2 Å².